The highest BCUT2D eigenvalue weighted by Gasteiger charge is 2.20. The number of hydrogen-bond donors (Lipinski definition) is 1. The van der Waals surface area contributed by atoms with E-state index in [2.05, 4.69) is 26.7 Å². The number of benzene rings is 2. The van der Waals surface area contributed by atoms with Crippen LogP contribution >= 0.6 is 23.1 Å². The van der Waals surface area contributed by atoms with Crippen LogP contribution in [0, 0.1) is 0 Å². The van der Waals surface area contributed by atoms with Gasteiger partial charge in [0.25, 0.3) is 5.56 Å². The SMILES string of the molecule is CCn1c(SC(C)c2nc3scc(-c4ccccc4)c3c(=O)[nH]2)nnc1-c1ccccc1. The van der Waals surface area contributed by atoms with Gasteiger partial charge < -0.3 is 9.55 Å². The van der Waals surface area contributed by atoms with Gasteiger partial charge in [0.05, 0.1) is 10.6 Å². The first-order chi connectivity index (χ1) is 15.7. The van der Waals surface area contributed by atoms with Crippen LogP contribution in [-0.2, 0) is 6.54 Å². The van der Waals surface area contributed by atoms with E-state index in [4.69, 9.17) is 4.98 Å². The van der Waals surface area contributed by atoms with Gasteiger partial charge in [0, 0.05) is 23.1 Å². The van der Waals surface area contributed by atoms with Gasteiger partial charge in [-0.2, -0.15) is 0 Å². The molecule has 1 unspecified atom stereocenters. The van der Waals surface area contributed by atoms with Crippen molar-refractivity contribution in [1.82, 2.24) is 24.7 Å². The molecular formula is C24H21N5OS2. The molecule has 5 rings (SSSR count). The molecule has 32 heavy (non-hydrogen) atoms. The molecule has 0 saturated heterocycles. The summed E-state index contributed by atoms with van der Waals surface area (Å²) >= 11 is 3.04. The molecule has 0 bridgehead atoms. The first kappa shape index (κ1) is 20.7. The molecule has 0 aliphatic rings. The molecule has 8 heteroatoms. The fraction of sp³-hybridized carbons (Fsp3) is 0.167. The van der Waals surface area contributed by atoms with E-state index >= 15 is 0 Å². The van der Waals surface area contributed by atoms with Gasteiger partial charge >= 0.3 is 0 Å². The maximum atomic E-state index is 13.0. The third kappa shape index (κ3) is 3.76. The minimum absolute atomic E-state index is 0.0903. The molecule has 0 aliphatic carbocycles. The van der Waals surface area contributed by atoms with Gasteiger partial charge in [-0.1, -0.05) is 72.4 Å². The van der Waals surface area contributed by atoms with Crippen LogP contribution in [0.3, 0.4) is 0 Å². The lowest BCUT2D eigenvalue weighted by molar-refractivity contribution is 0.685. The Bertz CT molecular complexity index is 1420. The number of nitrogens with zero attached hydrogens (tertiary/aromatic N) is 4. The molecule has 2 aromatic carbocycles. The van der Waals surface area contributed by atoms with Crippen molar-refractivity contribution in [3.8, 4) is 22.5 Å². The standard InChI is InChI=1S/C24H21N5OS2/c1-3-29-21(17-12-8-5-9-13-17)27-28-24(29)32-15(2)20-25-22(30)19-18(14-31-23(19)26-20)16-10-6-4-7-11-16/h4-15H,3H2,1-2H3,(H,25,26,30). The lowest BCUT2D eigenvalue weighted by Gasteiger charge is -2.12. The van der Waals surface area contributed by atoms with Gasteiger partial charge in [0.1, 0.15) is 10.7 Å². The highest BCUT2D eigenvalue weighted by molar-refractivity contribution is 7.99. The van der Waals surface area contributed by atoms with Crippen LogP contribution in [0.25, 0.3) is 32.7 Å². The highest BCUT2D eigenvalue weighted by Crippen LogP contribution is 2.36. The Labute approximate surface area is 193 Å². The summed E-state index contributed by atoms with van der Waals surface area (Å²) in [5.41, 5.74) is 2.86. The zero-order valence-electron chi connectivity index (χ0n) is 17.6. The maximum Gasteiger partial charge on any atom is 0.260 e. The van der Waals surface area contributed by atoms with E-state index in [1.54, 1.807) is 11.8 Å². The van der Waals surface area contributed by atoms with E-state index in [1.807, 2.05) is 73.0 Å². The summed E-state index contributed by atoms with van der Waals surface area (Å²) in [6, 6.07) is 20.0. The predicted molar refractivity (Wildman–Crippen MR) is 131 cm³/mol. The molecule has 1 atom stereocenters. The number of fused-ring (bicyclic) bond motifs is 1. The number of thiophene rings is 1. The fourth-order valence-corrected chi connectivity index (χ4v) is 5.59. The normalized spacial score (nSPS) is 12.3. The first-order valence-corrected chi connectivity index (χ1v) is 12.1. The Hall–Kier alpha value is -3.23. The van der Waals surface area contributed by atoms with Crippen LogP contribution in [0.4, 0.5) is 0 Å². The number of aromatic amines is 1. The number of aromatic nitrogens is 5. The van der Waals surface area contributed by atoms with Crippen molar-refractivity contribution in [3.63, 3.8) is 0 Å². The molecule has 0 aliphatic heterocycles. The summed E-state index contributed by atoms with van der Waals surface area (Å²) < 4.78 is 2.09. The molecule has 0 amide bonds. The summed E-state index contributed by atoms with van der Waals surface area (Å²) in [6.07, 6.45) is 0. The van der Waals surface area contributed by atoms with Crippen molar-refractivity contribution in [3.05, 3.63) is 82.2 Å². The Morgan fingerprint density at radius 3 is 2.41 bits per heavy atom. The molecule has 160 valence electrons. The molecule has 1 N–H and O–H groups in total. The van der Waals surface area contributed by atoms with E-state index in [9.17, 15) is 4.79 Å². The topological polar surface area (TPSA) is 76.5 Å². The predicted octanol–water partition coefficient (Wildman–Crippen LogP) is 5.78. The zero-order valence-corrected chi connectivity index (χ0v) is 19.3. The van der Waals surface area contributed by atoms with Gasteiger partial charge in [0.2, 0.25) is 0 Å². The number of H-pyrrole nitrogens is 1. The quantitative estimate of drug-likeness (QED) is 0.326. The average Bonchev–Trinajstić information content (AvgIpc) is 3.44. The van der Waals surface area contributed by atoms with Crippen LogP contribution < -0.4 is 5.56 Å². The Balaban J connectivity index is 1.47. The molecule has 0 radical (unpaired) electrons. The number of rotatable bonds is 6. The Morgan fingerprint density at radius 1 is 1.03 bits per heavy atom. The van der Waals surface area contributed by atoms with Gasteiger partial charge in [-0.15, -0.1) is 21.5 Å². The lowest BCUT2D eigenvalue weighted by atomic mass is 10.1. The van der Waals surface area contributed by atoms with E-state index in [1.165, 1.54) is 11.3 Å². The van der Waals surface area contributed by atoms with Crippen LogP contribution in [0.15, 0.2) is 76.0 Å². The maximum absolute atomic E-state index is 13.0. The minimum Gasteiger partial charge on any atom is -0.309 e. The monoisotopic (exact) mass is 459 g/mol. The molecule has 3 heterocycles. The van der Waals surface area contributed by atoms with E-state index in [0.717, 1.165) is 39.0 Å². The van der Waals surface area contributed by atoms with Crippen LogP contribution in [0.2, 0.25) is 0 Å². The number of hydrogen-bond acceptors (Lipinski definition) is 6. The average molecular weight is 460 g/mol. The number of nitrogens with one attached hydrogen (secondary N) is 1. The molecule has 3 aromatic heterocycles. The smallest absolute Gasteiger partial charge is 0.260 e. The van der Waals surface area contributed by atoms with Crippen molar-refractivity contribution in [2.75, 3.05) is 0 Å². The lowest BCUT2D eigenvalue weighted by Crippen LogP contribution is -2.12. The molecular weight excluding hydrogens is 438 g/mol. The van der Waals surface area contributed by atoms with Crippen molar-refractivity contribution in [2.45, 2.75) is 30.8 Å². The van der Waals surface area contributed by atoms with Gasteiger partial charge in [-0.3, -0.25) is 4.79 Å². The van der Waals surface area contributed by atoms with Crippen molar-refractivity contribution in [1.29, 1.82) is 0 Å². The number of thioether (sulfide) groups is 1. The van der Waals surface area contributed by atoms with Gasteiger partial charge in [0.15, 0.2) is 11.0 Å². The van der Waals surface area contributed by atoms with Crippen molar-refractivity contribution in [2.24, 2.45) is 0 Å². The second kappa shape index (κ2) is 8.72. The highest BCUT2D eigenvalue weighted by atomic mass is 32.2. The third-order valence-electron chi connectivity index (χ3n) is 5.28. The summed E-state index contributed by atoms with van der Waals surface area (Å²) in [6.45, 7) is 4.85. The third-order valence-corrected chi connectivity index (χ3v) is 7.24. The summed E-state index contributed by atoms with van der Waals surface area (Å²) in [4.78, 5) is 21.5. The molecule has 0 spiro atoms. The summed E-state index contributed by atoms with van der Waals surface area (Å²) in [5, 5.41) is 12.2. The van der Waals surface area contributed by atoms with Crippen LogP contribution in [-0.4, -0.2) is 24.7 Å². The second-order valence-corrected chi connectivity index (χ2v) is 9.49. The van der Waals surface area contributed by atoms with Crippen molar-refractivity contribution >= 4 is 33.3 Å². The van der Waals surface area contributed by atoms with Crippen LogP contribution in [0.1, 0.15) is 24.9 Å². The Morgan fingerprint density at radius 2 is 1.72 bits per heavy atom. The van der Waals surface area contributed by atoms with Gasteiger partial charge in [-0.05, 0) is 19.4 Å². The van der Waals surface area contributed by atoms with E-state index in [0.29, 0.717) is 11.2 Å². The minimum atomic E-state index is -0.112. The molecule has 6 nitrogen and oxygen atoms in total. The van der Waals surface area contributed by atoms with Crippen LogP contribution in [0.5, 0.6) is 0 Å². The second-order valence-electron chi connectivity index (χ2n) is 7.32. The molecule has 5 aromatic rings. The molecule has 0 saturated carbocycles. The molecule has 0 fully saturated rings. The van der Waals surface area contributed by atoms with Gasteiger partial charge in [-0.25, -0.2) is 4.98 Å². The summed E-state index contributed by atoms with van der Waals surface area (Å²) in [7, 11) is 0. The van der Waals surface area contributed by atoms with Crippen molar-refractivity contribution < 1.29 is 0 Å². The largest absolute Gasteiger partial charge is 0.309 e. The zero-order chi connectivity index (χ0) is 22.1. The first-order valence-electron chi connectivity index (χ1n) is 10.4. The Kier molecular flexibility index (Phi) is 5.63. The van der Waals surface area contributed by atoms with E-state index in [-0.39, 0.29) is 10.8 Å². The fourth-order valence-electron chi connectivity index (χ4n) is 3.66. The van der Waals surface area contributed by atoms with E-state index < -0.39 is 0 Å². The summed E-state index contributed by atoms with van der Waals surface area (Å²) in [5.74, 6) is 1.48.